The molecule has 8 nitrogen and oxygen atoms in total. The Morgan fingerprint density at radius 2 is 1.68 bits per heavy atom. The SMILES string of the molecule is CN(CC(=O)Nc1ccc(Cl)cc1)S(=O)(=O)c1ccc2c(c1)n(C)c(=O)n2C. The molecule has 0 bridgehead atoms. The predicted molar refractivity (Wildman–Crippen MR) is 108 cm³/mol. The summed E-state index contributed by atoms with van der Waals surface area (Å²) in [6, 6.07) is 10.9. The highest BCUT2D eigenvalue weighted by Gasteiger charge is 2.24. The van der Waals surface area contributed by atoms with Crippen molar-refractivity contribution in [3.63, 3.8) is 0 Å². The number of rotatable bonds is 5. The monoisotopic (exact) mass is 422 g/mol. The first-order chi connectivity index (χ1) is 13.1. The summed E-state index contributed by atoms with van der Waals surface area (Å²) < 4.78 is 29.5. The second kappa shape index (κ2) is 7.42. The average Bonchev–Trinajstić information content (AvgIpc) is 2.87. The molecule has 28 heavy (non-hydrogen) atoms. The minimum absolute atomic E-state index is 0.00277. The minimum Gasteiger partial charge on any atom is -0.325 e. The van der Waals surface area contributed by atoms with E-state index in [0.717, 1.165) is 4.31 Å². The number of nitrogens with zero attached hydrogens (tertiary/aromatic N) is 3. The Balaban J connectivity index is 1.82. The highest BCUT2D eigenvalue weighted by molar-refractivity contribution is 7.89. The second-order valence-corrected chi connectivity index (χ2v) is 8.85. The number of hydrogen-bond acceptors (Lipinski definition) is 4. The van der Waals surface area contributed by atoms with Crippen molar-refractivity contribution in [2.45, 2.75) is 4.90 Å². The van der Waals surface area contributed by atoms with Gasteiger partial charge in [0.2, 0.25) is 15.9 Å². The number of carbonyl (C=O) groups is 1. The van der Waals surface area contributed by atoms with Crippen molar-refractivity contribution in [2.24, 2.45) is 14.1 Å². The summed E-state index contributed by atoms with van der Waals surface area (Å²) in [4.78, 5) is 24.2. The number of aryl methyl sites for hydroxylation is 2. The summed E-state index contributed by atoms with van der Waals surface area (Å²) >= 11 is 5.80. The van der Waals surface area contributed by atoms with Gasteiger partial charge in [-0.1, -0.05) is 11.6 Å². The van der Waals surface area contributed by atoms with Crippen LogP contribution in [0.3, 0.4) is 0 Å². The average molecular weight is 423 g/mol. The van der Waals surface area contributed by atoms with Crippen molar-refractivity contribution in [3.8, 4) is 0 Å². The molecule has 1 heterocycles. The Kier molecular flexibility index (Phi) is 5.33. The molecule has 0 atom stereocenters. The lowest BCUT2D eigenvalue weighted by molar-refractivity contribution is -0.116. The summed E-state index contributed by atoms with van der Waals surface area (Å²) in [6.45, 7) is -0.364. The van der Waals surface area contributed by atoms with Crippen molar-refractivity contribution in [2.75, 3.05) is 18.9 Å². The molecule has 0 fully saturated rings. The summed E-state index contributed by atoms with van der Waals surface area (Å²) in [7, 11) is 0.597. The van der Waals surface area contributed by atoms with E-state index in [1.807, 2.05) is 0 Å². The number of aromatic nitrogens is 2. The van der Waals surface area contributed by atoms with Gasteiger partial charge in [-0.25, -0.2) is 13.2 Å². The fourth-order valence-corrected chi connectivity index (χ4v) is 4.12. The molecular formula is C18H19ClN4O4S. The van der Waals surface area contributed by atoms with E-state index in [4.69, 9.17) is 11.6 Å². The van der Waals surface area contributed by atoms with Gasteiger partial charge in [-0.2, -0.15) is 4.31 Å². The molecule has 1 aromatic heterocycles. The van der Waals surface area contributed by atoms with Crippen LogP contribution < -0.4 is 11.0 Å². The maximum atomic E-state index is 12.8. The topological polar surface area (TPSA) is 93.4 Å². The molecule has 3 rings (SSSR count). The van der Waals surface area contributed by atoms with Crippen molar-refractivity contribution < 1.29 is 13.2 Å². The Hall–Kier alpha value is -2.62. The lowest BCUT2D eigenvalue weighted by atomic mass is 10.3. The van der Waals surface area contributed by atoms with Crippen LogP contribution in [0.2, 0.25) is 5.02 Å². The summed E-state index contributed by atoms with van der Waals surface area (Å²) in [5.74, 6) is -0.485. The summed E-state index contributed by atoms with van der Waals surface area (Å²) in [5.41, 5.74) is 1.38. The summed E-state index contributed by atoms with van der Waals surface area (Å²) in [5, 5.41) is 3.15. The van der Waals surface area contributed by atoms with E-state index >= 15 is 0 Å². The van der Waals surface area contributed by atoms with E-state index in [-0.39, 0.29) is 17.1 Å². The third-order valence-corrected chi connectivity index (χ3v) is 6.50. The van der Waals surface area contributed by atoms with Gasteiger partial charge in [0.15, 0.2) is 0 Å². The fraction of sp³-hybridized carbons (Fsp3) is 0.222. The third-order valence-electron chi connectivity index (χ3n) is 4.45. The van der Waals surface area contributed by atoms with Gasteiger partial charge in [-0.15, -0.1) is 0 Å². The largest absolute Gasteiger partial charge is 0.328 e. The Morgan fingerprint density at radius 3 is 2.32 bits per heavy atom. The van der Waals surface area contributed by atoms with Gasteiger partial charge in [0.25, 0.3) is 0 Å². The quantitative estimate of drug-likeness (QED) is 0.678. The van der Waals surface area contributed by atoms with Crippen molar-refractivity contribution >= 4 is 44.3 Å². The van der Waals surface area contributed by atoms with Crippen molar-refractivity contribution in [3.05, 3.63) is 58.0 Å². The molecule has 0 radical (unpaired) electrons. The van der Waals surface area contributed by atoms with Gasteiger partial charge >= 0.3 is 5.69 Å². The van der Waals surface area contributed by atoms with Gasteiger partial charge in [0.05, 0.1) is 22.5 Å². The minimum atomic E-state index is -3.92. The van der Waals surface area contributed by atoms with E-state index in [0.29, 0.717) is 21.7 Å². The van der Waals surface area contributed by atoms with E-state index in [1.165, 1.54) is 28.3 Å². The Bertz CT molecular complexity index is 1210. The predicted octanol–water partition coefficient (Wildman–Crippen LogP) is 1.79. The molecule has 0 saturated heterocycles. The van der Waals surface area contributed by atoms with Crippen molar-refractivity contribution in [1.29, 1.82) is 0 Å². The van der Waals surface area contributed by atoms with Gasteiger partial charge in [-0.05, 0) is 42.5 Å². The van der Waals surface area contributed by atoms with E-state index in [1.54, 1.807) is 44.4 Å². The van der Waals surface area contributed by atoms with E-state index in [9.17, 15) is 18.0 Å². The number of nitrogens with one attached hydrogen (secondary N) is 1. The first-order valence-corrected chi connectivity index (χ1v) is 10.1. The van der Waals surface area contributed by atoms with Gasteiger partial charge in [-0.3, -0.25) is 13.9 Å². The zero-order chi connectivity index (χ0) is 20.6. The smallest absolute Gasteiger partial charge is 0.325 e. The molecule has 10 heteroatoms. The lowest BCUT2D eigenvalue weighted by Crippen LogP contribution is -2.35. The van der Waals surface area contributed by atoms with Crippen LogP contribution in [0.15, 0.2) is 52.2 Å². The maximum absolute atomic E-state index is 12.8. The molecule has 0 spiro atoms. The summed E-state index contributed by atoms with van der Waals surface area (Å²) in [6.07, 6.45) is 0. The molecule has 0 unspecified atom stereocenters. The molecule has 3 aromatic rings. The molecule has 0 aliphatic heterocycles. The number of sulfonamides is 1. The van der Waals surface area contributed by atoms with Crippen LogP contribution >= 0.6 is 11.6 Å². The number of fused-ring (bicyclic) bond motifs is 1. The van der Waals surface area contributed by atoms with Crippen LogP contribution in [0.1, 0.15) is 0 Å². The van der Waals surface area contributed by atoms with E-state index < -0.39 is 15.9 Å². The molecule has 148 valence electrons. The standard InChI is InChI=1S/C18H19ClN4O4S/c1-21(11-17(24)20-13-6-4-12(19)5-7-13)28(26,27)14-8-9-15-16(10-14)23(3)18(25)22(15)2/h4-10H,11H2,1-3H3,(H,20,24). The fourth-order valence-electron chi connectivity index (χ4n) is 2.85. The molecule has 2 aromatic carbocycles. The first kappa shape index (κ1) is 20.1. The molecule has 0 aliphatic carbocycles. The number of halogens is 1. The van der Waals surface area contributed by atoms with Crippen LogP contribution in [0.4, 0.5) is 5.69 Å². The van der Waals surface area contributed by atoms with Gasteiger partial charge < -0.3 is 5.32 Å². The number of hydrogen-bond donors (Lipinski definition) is 1. The molecule has 1 amide bonds. The normalized spacial score (nSPS) is 11.9. The zero-order valence-electron chi connectivity index (χ0n) is 15.5. The number of carbonyl (C=O) groups excluding carboxylic acids is 1. The molecule has 0 saturated carbocycles. The number of likely N-dealkylation sites (N-methyl/N-ethyl adjacent to an activating group) is 1. The Morgan fingerprint density at radius 1 is 1.07 bits per heavy atom. The van der Waals surface area contributed by atoms with Crippen LogP contribution in [0.5, 0.6) is 0 Å². The van der Waals surface area contributed by atoms with Gasteiger partial charge in [0, 0.05) is 31.9 Å². The number of imidazole rings is 1. The van der Waals surface area contributed by atoms with Crippen LogP contribution in [-0.2, 0) is 28.9 Å². The molecule has 0 aliphatic rings. The third kappa shape index (κ3) is 3.68. The Labute approximate surface area is 167 Å². The number of benzene rings is 2. The van der Waals surface area contributed by atoms with Crippen LogP contribution in [0, 0.1) is 0 Å². The van der Waals surface area contributed by atoms with Crippen LogP contribution in [0.25, 0.3) is 11.0 Å². The lowest BCUT2D eigenvalue weighted by Gasteiger charge is -2.17. The first-order valence-electron chi connectivity index (χ1n) is 8.28. The van der Waals surface area contributed by atoms with Crippen molar-refractivity contribution in [1.82, 2.24) is 13.4 Å². The molecular weight excluding hydrogens is 404 g/mol. The zero-order valence-corrected chi connectivity index (χ0v) is 17.1. The highest BCUT2D eigenvalue weighted by atomic mass is 35.5. The highest BCUT2D eigenvalue weighted by Crippen LogP contribution is 2.20. The molecule has 1 N–H and O–H groups in total. The second-order valence-electron chi connectivity index (χ2n) is 6.37. The van der Waals surface area contributed by atoms with Crippen LogP contribution in [-0.4, -0.2) is 41.4 Å². The number of anilines is 1. The van der Waals surface area contributed by atoms with E-state index in [2.05, 4.69) is 5.32 Å². The maximum Gasteiger partial charge on any atom is 0.328 e. The van der Waals surface area contributed by atoms with Gasteiger partial charge in [0.1, 0.15) is 0 Å². The number of amides is 1.